The van der Waals surface area contributed by atoms with Crippen molar-refractivity contribution in [2.24, 2.45) is 5.92 Å². The molecule has 0 unspecified atom stereocenters. The summed E-state index contributed by atoms with van der Waals surface area (Å²) >= 11 is 6.07. The first kappa shape index (κ1) is 19.0. The van der Waals surface area contributed by atoms with Crippen molar-refractivity contribution in [3.05, 3.63) is 64.2 Å². The van der Waals surface area contributed by atoms with E-state index in [1.165, 1.54) is 0 Å². The zero-order chi connectivity index (χ0) is 18.6. The number of hydrogen-bond donors (Lipinski definition) is 2. The Labute approximate surface area is 153 Å². The predicted octanol–water partition coefficient (Wildman–Crippen LogP) is 4.35. The fraction of sp³-hybridized carbons (Fsp3) is 0.300. The van der Waals surface area contributed by atoms with Crippen LogP contribution < -0.4 is 10.6 Å². The highest BCUT2D eigenvalue weighted by molar-refractivity contribution is 6.33. The number of nitrogens with one attached hydrogen (secondary N) is 2. The zero-order valence-corrected chi connectivity index (χ0v) is 15.6. The molecule has 0 aromatic heterocycles. The van der Waals surface area contributed by atoms with Gasteiger partial charge in [-0.05, 0) is 43.5 Å². The second-order valence-electron chi connectivity index (χ2n) is 6.48. The summed E-state index contributed by atoms with van der Waals surface area (Å²) in [4.78, 5) is 25.2. The number of benzene rings is 2. The van der Waals surface area contributed by atoms with E-state index in [-0.39, 0.29) is 17.7 Å². The minimum Gasteiger partial charge on any atom is -0.340 e. The van der Waals surface area contributed by atoms with Crippen LogP contribution in [0.5, 0.6) is 0 Å². The molecule has 0 saturated carbocycles. The molecule has 0 aliphatic heterocycles. The second kappa shape index (κ2) is 8.17. The summed E-state index contributed by atoms with van der Waals surface area (Å²) in [5.74, 6) is -0.681. The summed E-state index contributed by atoms with van der Waals surface area (Å²) < 4.78 is 0. The monoisotopic (exact) mass is 358 g/mol. The van der Waals surface area contributed by atoms with Crippen molar-refractivity contribution in [3.8, 4) is 0 Å². The number of halogens is 1. The maximum absolute atomic E-state index is 12.7. The largest absolute Gasteiger partial charge is 0.340 e. The lowest BCUT2D eigenvalue weighted by molar-refractivity contribution is -0.118. The molecule has 5 heteroatoms. The van der Waals surface area contributed by atoms with Crippen LogP contribution in [0, 0.1) is 19.8 Å². The van der Waals surface area contributed by atoms with E-state index in [2.05, 4.69) is 10.6 Å². The van der Waals surface area contributed by atoms with Crippen molar-refractivity contribution in [1.82, 2.24) is 5.32 Å². The second-order valence-corrected chi connectivity index (χ2v) is 6.89. The molecular weight excluding hydrogens is 336 g/mol. The molecule has 4 nitrogen and oxygen atoms in total. The lowest BCUT2D eigenvalue weighted by Gasteiger charge is -2.22. The first-order valence-corrected chi connectivity index (χ1v) is 8.61. The van der Waals surface area contributed by atoms with Gasteiger partial charge in [0.15, 0.2) is 0 Å². The lowest BCUT2D eigenvalue weighted by Crippen LogP contribution is -2.47. The molecule has 2 N–H and O–H groups in total. The number of rotatable bonds is 5. The topological polar surface area (TPSA) is 58.2 Å². The van der Waals surface area contributed by atoms with Crippen molar-refractivity contribution in [2.75, 3.05) is 5.32 Å². The van der Waals surface area contributed by atoms with Crippen LogP contribution in [-0.2, 0) is 4.79 Å². The molecule has 2 aromatic rings. The molecule has 2 rings (SSSR count). The van der Waals surface area contributed by atoms with Crippen molar-refractivity contribution < 1.29 is 9.59 Å². The molecule has 0 fully saturated rings. The van der Waals surface area contributed by atoms with Crippen LogP contribution in [0.25, 0.3) is 0 Å². The molecular formula is C20H23ClN2O2. The van der Waals surface area contributed by atoms with Crippen molar-refractivity contribution in [1.29, 1.82) is 0 Å². The summed E-state index contributed by atoms with van der Waals surface area (Å²) in [6.45, 7) is 7.72. The molecule has 0 heterocycles. The Balaban J connectivity index is 2.16. The molecule has 25 heavy (non-hydrogen) atoms. The minimum absolute atomic E-state index is 0.0720. The number of aryl methyl sites for hydroxylation is 2. The first-order chi connectivity index (χ1) is 11.8. The number of anilines is 1. The highest BCUT2D eigenvalue weighted by Gasteiger charge is 2.25. The number of carbonyl (C=O) groups is 2. The zero-order valence-electron chi connectivity index (χ0n) is 14.9. The van der Waals surface area contributed by atoms with Gasteiger partial charge in [-0.2, -0.15) is 0 Å². The smallest absolute Gasteiger partial charge is 0.253 e. The lowest BCUT2D eigenvalue weighted by atomic mass is 10.0. The highest BCUT2D eigenvalue weighted by atomic mass is 35.5. The van der Waals surface area contributed by atoms with Gasteiger partial charge in [0.2, 0.25) is 5.91 Å². The van der Waals surface area contributed by atoms with E-state index in [1.54, 1.807) is 24.3 Å². The Bertz CT molecular complexity index is 787. The normalized spacial score (nSPS) is 11.9. The van der Waals surface area contributed by atoms with E-state index in [4.69, 9.17) is 11.6 Å². The minimum atomic E-state index is -0.663. The summed E-state index contributed by atoms with van der Waals surface area (Å²) in [6, 6.07) is 11.9. The molecule has 0 aliphatic rings. The van der Waals surface area contributed by atoms with Gasteiger partial charge in [-0.3, -0.25) is 9.59 Å². The Kier molecular flexibility index (Phi) is 6.21. The van der Waals surface area contributed by atoms with Crippen LogP contribution in [0.4, 0.5) is 5.69 Å². The van der Waals surface area contributed by atoms with Crippen molar-refractivity contribution in [3.63, 3.8) is 0 Å². The average molecular weight is 359 g/mol. The van der Waals surface area contributed by atoms with Gasteiger partial charge < -0.3 is 10.6 Å². The Hall–Kier alpha value is -2.33. The van der Waals surface area contributed by atoms with Gasteiger partial charge in [0.25, 0.3) is 5.91 Å². The van der Waals surface area contributed by atoms with E-state index < -0.39 is 6.04 Å². The molecule has 132 valence electrons. The quantitative estimate of drug-likeness (QED) is 0.834. The molecule has 2 aromatic carbocycles. The van der Waals surface area contributed by atoms with Gasteiger partial charge in [-0.25, -0.2) is 0 Å². The molecule has 0 aliphatic carbocycles. The number of hydrogen-bond acceptors (Lipinski definition) is 2. The summed E-state index contributed by atoms with van der Waals surface area (Å²) in [6.07, 6.45) is 0. The first-order valence-electron chi connectivity index (χ1n) is 8.23. The van der Waals surface area contributed by atoms with E-state index in [0.717, 1.165) is 16.8 Å². The van der Waals surface area contributed by atoms with Crippen LogP contribution in [0.2, 0.25) is 5.02 Å². The van der Waals surface area contributed by atoms with Crippen LogP contribution in [0.1, 0.15) is 35.3 Å². The molecule has 1 atom stereocenters. The van der Waals surface area contributed by atoms with Gasteiger partial charge >= 0.3 is 0 Å². The summed E-state index contributed by atoms with van der Waals surface area (Å²) in [7, 11) is 0. The molecule has 0 saturated heterocycles. The van der Waals surface area contributed by atoms with Gasteiger partial charge in [0.1, 0.15) is 6.04 Å². The standard InChI is InChI=1S/C20H23ClN2O2/c1-12(2)18(23-19(24)15-7-5-6-8-16(15)21)20(25)22-17-10-9-13(3)11-14(17)4/h5-12,18H,1-4H3,(H,22,25)(H,23,24)/t18-/m0/s1. The van der Waals surface area contributed by atoms with Crippen LogP contribution >= 0.6 is 11.6 Å². The third kappa shape index (κ3) is 4.83. The fourth-order valence-corrected chi connectivity index (χ4v) is 2.79. The molecule has 2 amide bonds. The number of carbonyl (C=O) groups excluding carboxylic acids is 2. The Morgan fingerprint density at radius 1 is 1.04 bits per heavy atom. The molecule has 0 bridgehead atoms. The van der Waals surface area contributed by atoms with Crippen LogP contribution in [0.15, 0.2) is 42.5 Å². The number of amides is 2. The van der Waals surface area contributed by atoms with E-state index >= 15 is 0 Å². The van der Waals surface area contributed by atoms with Crippen LogP contribution in [0.3, 0.4) is 0 Å². The Morgan fingerprint density at radius 2 is 1.72 bits per heavy atom. The molecule has 0 spiro atoms. The Morgan fingerprint density at radius 3 is 2.32 bits per heavy atom. The van der Waals surface area contributed by atoms with E-state index in [9.17, 15) is 9.59 Å². The van der Waals surface area contributed by atoms with Crippen molar-refractivity contribution in [2.45, 2.75) is 33.7 Å². The average Bonchev–Trinajstić information content (AvgIpc) is 2.55. The maximum atomic E-state index is 12.7. The van der Waals surface area contributed by atoms with E-state index in [1.807, 2.05) is 45.9 Å². The van der Waals surface area contributed by atoms with Gasteiger partial charge in [0.05, 0.1) is 10.6 Å². The summed E-state index contributed by atoms with van der Waals surface area (Å²) in [5.41, 5.74) is 3.21. The van der Waals surface area contributed by atoms with Gasteiger partial charge in [-0.1, -0.05) is 55.3 Å². The third-order valence-corrected chi connectivity index (χ3v) is 4.32. The highest BCUT2D eigenvalue weighted by Crippen LogP contribution is 2.18. The van der Waals surface area contributed by atoms with Gasteiger partial charge in [0, 0.05) is 5.69 Å². The fourth-order valence-electron chi connectivity index (χ4n) is 2.56. The van der Waals surface area contributed by atoms with Gasteiger partial charge in [-0.15, -0.1) is 0 Å². The van der Waals surface area contributed by atoms with E-state index in [0.29, 0.717) is 10.6 Å². The molecule has 0 radical (unpaired) electrons. The SMILES string of the molecule is Cc1ccc(NC(=O)[C@@H](NC(=O)c2ccccc2Cl)C(C)C)c(C)c1. The third-order valence-electron chi connectivity index (χ3n) is 3.99. The van der Waals surface area contributed by atoms with Crippen LogP contribution in [-0.4, -0.2) is 17.9 Å². The summed E-state index contributed by atoms with van der Waals surface area (Å²) in [5, 5.41) is 6.05. The maximum Gasteiger partial charge on any atom is 0.253 e. The predicted molar refractivity (Wildman–Crippen MR) is 102 cm³/mol. The van der Waals surface area contributed by atoms with Crippen molar-refractivity contribution >= 4 is 29.1 Å².